The van der Waals surface area contributed by atoms with E-state index in [0.717, 1.165) is 51.4 Å². The maximum Gasteiger partial charge on any atom is 0.0865 e. The normalized spacial score (nSPS) is 57.1. The van der Waals surface area contributed by atoms with E-state index in [-0.39, 0.29) is 51.5 Å². The molecule has 5 aliphatic rings. The van der Waals surface area contributed by atoms with Crippen molar-refractivity contribution in [3.05, 3.63) is 0 Å². The largest absolute Gasteiger partial charge is 0.393 e. The van der Waals surface area contributed by atoms with Crippen molar-refractivity contribution in [2.75, 3.05) is 0 Å². The van der Waals surface area contributed by atoms with Crippen LogP contribution in [0.4, 0.5) is 0 Å². The fourth-order valence-electron chi connectivity index (χ4n) is 11.2. The lowest BCUT2D eigenvalue weighted by Gasteiger charge is -2.70. The summed E-state index contributed by atoms with van der Waals surface area (Å²) in [5.41, 5.74) is -0.766. The summed E-state index contributed by atoms with van der Waals surface area (Å²) in [6, 6.07) is 0. The van der Waals surface area contributed by atoms with Gasteiger partial charge < -0.3 is 20.1 Å². The minimum absolute atomic E-state index is 0.0704. The quantitative estimate of drug-likeness (QED) is 0.477. The predicted octanol–water partition coefficient (Wildman–Crippen LogP) is 5.71. The van der Waals surface area contributed by atoms with Crippen LogP contribution in [0.3, 0.4) is 0 Å². The van der Waals surface area contributed by atoms with E-state index in [4.69, 9.17) is 4.74 Å². The Hall–Kier alpha value is -0.160. The van der Waals surface area contributed by atoms with Gasteiger partial charge in [0, 0.05) is 0 Å². The first-order chi connectivity index (χ1) is 15.5. The third-order valence-electron chi connectivity index (χ3n) is 13.2. The first-order valence-corrected chi connectivity index (χ1v) is 14.3. The summed E-state index contributed by atoms with van der Waals surface area (Å²) in [5, 5.41) is 33.5. The Morgan fingerprint density at radius 1 is 0.765 bits per heavy atom. The Morgan fingerprint density at radius 2 is 1.41 bits per heavy atom. The zero-order valence-electron chi connectivity index (χ0n) is 23.2. The van der Waals surface area contributed by atoms with Gasteiger partial charge in [-0.15, -0.1) is 0 Å². The highest BCUT2D eigenvalue weighted by atomic mass is 16.5. The van der Waals surface area contributed by atoms with Crippen LogP contribution in [0, 0.1) is 45.3 Å². The van der Waals surface area contributed by atoms with Crippen LogP contribution in [-0.4, -0.2) is 44.8 Å². The summed E-state index contributed by atoms with van der Waals surface area (Å²) in [5.74, 6) is 1.63. The minimum atomic E-state index is -0.811. The number of ether oxygens (including phenoxy) is 1. The van der Waals surface area contributed by atoms with E-state index in [1.165, 1.54) is 6.42 Å². The monoisotopic (exact) mass is 476 g/mol. The van der Waals surface area contributed by atoms with Crippen LogP contribution in [0.5, 0.6) is 0 Å². The second kappa shape index (κ2) is 7.45. The van der Waals surface area contributed by atoms with Gasteiger partial charge in [-0.2, -0.15) is 0 Å². The van der Waals surface area contributed by atoms with Crippen molar-refractivity contribution in [3.63, 3.8) is 0 Å². The molecule has 5 fully saturated rings. The lowest BCUT2D eigenvalue weighted by Crippen LogP contribution is -2.67. The Balaban J connectivity index is 1.48. The lowest BCUT2D eigenvalue weighted by atomic mass is 9.35. The molecule has 11 atom stereocenters. The number of rotatable bonds is 2. The molecule has 1 heterocycles. The molecule has 0 bridgehead atoms. The van der Waals surface area contributed by atoms with Crippen molar-refractivity contribution in [1.29, 1.82) is 0 Å². The maximum atomic E-state index is 12.0. The van der Waals surface area contributed by atoms with Crippen molar-refractivity contribution >= 4 is 0 Å². The second-order valence-electron chi connectivity index (χ2n) is 15.5. The Kier molecular flexibility index (Phi) is 5.59. The van der Waals surface area contributed by atoms with Crippen LogP contribution in [0.2, 0.25) is 0 Å². The molecule has 4 aliphatic carbocycles. The van der Waals surface area contributed by atoms with E-state index < -0.39 is 5.60 Å². The highest BCUT2D eigenvalue weighted by Crippen LogP contribution is 2.76. The standard InChI is InChI=1S/C30H52O4/c1-25(2)21-10-15-29(7)24(27(21,5)13-11-22(25)32)20(31)17-19-18(9-14-28(19,29)6)30(8)16-12-23(34-30)26(3,4)33/h18-24,31-33H,9-17H2,1-8H3/t18-,19+,20+,21+,22-,23-,24+,27-,28+,29+,30+/m0/s1. The summed E-state index contributed by atoms with van der Waals surface area (Å²) in [7, 11) is 0. The van der Waals surface area contributed by atoms with Crippen LogP contribution in [-0.2, 0) is 4.74 Å². The van der Waals surface area contributed by atoms with Crippen LogP contribution < -0.4 is 0 Å². The van der Waals surface area contributed by atoms with Gasteiger partial charge in [0.2, 0.25) is 0 Å². The van der Waals surface area contributed by atoms with E-state index in [1.54, 1.807) is 0 Å². The zero-order valence-corrected chi connectivity index (χ0v) is 23.2. The van der Waals surface area contributed by atoms with Gasteiger partial charge >= 0.3 is 0 Å². The van der Waals surface area contributed by atoms with Crippen molar-refractivity contribution in [3.8, 4) is 0 Å². The first kappa shape index (κ1) is 25.5. The van der Waals surface area contributed by atoms with Gasteiger partial charge in [0.25, 0.3) is 0 Å². The molecule has 4 saturated carbocycles. The van der Waals surface area contributed by atoms with Gasteiger partial charge in [-0.3, -0.25) is 0 Å². The Labute approximate surface area is 208 Å². The molecule has 1 saturated heterocycles. The van der Waals surface area contributed by atoms with Gasteiger partial charge in [-0.05, 0) is 124 Å². The Morgan fingerprint density at radius 3 is 2.03 bits per heavy atom. The summed E-state index contributed by atoms with van der Waals surface area (Å²) >= 11 is 0. The number of hydrogen-bond donors (Lipinski definition) is 3. The van der Waals surface area contributed by atoms with Crippen LogP contribution >= 0.6 is 0 Å². The molecular weight excluding hydrogens is 424 g/mol. The molecule has 1 aliphatic heterocycles. The maximum absolute atomic E-state index is 12.0. The molecule has 5 rings (SSSR count). The molecule has 0 aromatic rings. The predicted molar refractivity (Wildman–Crippen MR) is 135 cm³/mol. The van der Waals surface area contributed by atoms with Gasteiger partial charge in [-0.1, -0.05) is 34.6 Å². The number of fused-ring (bicyclic) bond motifs is 5. The van der Waals surface area contributed by atoms with Crippen LogP contribution in [0.1, 0.15) is 113 Å². The highest BCUT2D eigenvalue weighted by molar-refractivity contribution is 5.20. The molecule has 3 N–H and O–H groups in total. The lowest BCUT2D eigenvalue weighted by molar-refractivity contribution is -0.257. The molecule has 0 spiro atoms. The molecule has 34 heavy (non-hydrogen) atoms. The smallest absolute Gasteiger partial charge is 0.0865 e. The number of aliphatic hydroxyl groups is 3. The molecular formula is C30H52O4. The topological polar surface area (TPSA) is 69.9 Å². The summed E-state index contributed by atoms with van der Waals surface area (Å²) in [4.78, 5) is 0. The third kappa shape index (κ3) is 3.16. The Bertz CT molecular complexity index is 817. The van der Waals surface area contributed by atoms with E-state index in [0.29, 0.717) is 17.8 Å². The fourth-order valence-corrected chi connectivity index (χ4v) is 11.2. The molecule has 196 valence electrons. The van der Waals surface area contributed by atoms with Gasteiger partial charge in [0.15, 0.2) is 0 Å². The number of aliphatic hydroxyl groups excluding tert-OH is 2. The molecule has 4 nitrogen and oxygen atoms in total. The number of hydrogen-bond acceptors (Lipinski definition) is 4. The molecule has 0 aromatic heterocycles. The molecule has 4 heteroatoms. The van der Waals surface area contributed by atoms with Gasteiger partial charge in [-0.25, -0.2) is 0 Å². The minimum Gasteiger partial charge on any atom is -0.393 e. The van der Waals surface area contributed by atoms with E-state index in [9.17, 15) is 15.3 Å². The van der Waals surface area contributed by atoms with Gasteiger partial charge in [0.05, 0.1) is 29.5 Å². The average molecular weight is 477 g/mol. The second-order valence-corrected chi connectivity index (χ2v) is 15.5. The van der Waals surface area contributed by atoms with Crippen molar-refractivity contribution in [2.24, 2.45) is 45.3 Å². The molecule has 0 amide bonds. The molecule has 0 aromatic carbocycles. The third-order valence-corrected chi connectivity index (χ3v) is 13.2. The highest BCUT2D eigenvalue weighted by Gasteiger charge is 2.72. The summed E-state index contributed by atoms with van der Waals surface area (Å²) < 4.78 is 6.68. The fraction of sp³-hybridized carbons (Fsp3) is 1.00. The average Bonchev–Trinajstić information content (AvgIpc) is 3.27. The van der Waals surface area contributed by atoms with E-state index >= 15 is 0 Å². The summed E-state index contributed by atoms with van der Waals surface area (Å²) in [6.45, 7) is 18.1. The van der Waals surface area contributed by atoms with E-state index in [1.807, 2.05) is 13.8 Å². The summed E-state index contributed by atoms with van der Waals surface area (Å²) in [6.07, 6.45) is 8.71. The van der Waals surface area contributed by atoms with Crippen LogP contribution in [0.15, 0.2) is 0 Å². The van der Waals surface area contributed by atoms with Crippen LogP contribution in [0.25, 0.3) is 0 Å². The molecule has 0 unspecified atom stereocenters. The van der Waals surface area contributed by atoms with E-state index in [2.05, 4.69) is 41.5 Å². The van der Waals surface area contributed by atoms with Gasteiger partial charge in [0.1, 0.15) is 0 Å². The zero-order chi connectivity index (χ0) is 25.1. The van der Waals surface area contributed by atoms with Crippen molar-refractivity contribution < 1.29 is 20.1 Å². The first-order valence-electron chi connectivity index (χ1n) is 14.3. The van der Waals surface area contributed by atoms with Crippen molar-refractivity contribution in [2.45, 2.75) is 143 Å². The molecule has 0 radical (unpaired) electrons. The SMILES string of the molecule is CC(C)(O)[C@@H]1CC[C@](C)([C@H]2CC[C@]3(C)[C@@H]2C[C@@H](O)[C@@H]2[C@@]4(C)CC[C@H](O)C(C)(C)[C@H]4CC[C@]23C)O1. The van der Waals surface area contributed by atoms with Crippen molar-refractivity contribution in [1.82, 2.24) is 0 Å².